The molecule has 1 aliphatic heterocycles. The van der Waals surface area contributed by atoms with Crippen molar-refractivity contribution in [3.05, 3.63) is 0 Å². The van der Waals surface area contributed by atoms with Crippen LogP contribution in [0.2, 0.25) is 0 Å². The Labute approximate surface area is 96.5 Å². The summed E-state index contributed by atoms with van der Waals surface area (Å²) in [4.78, 5) is 13.7. The van der Waals surface area contributed by atoms with Gasteiger partial charge in [0.15, 0.2) is 0 Å². The summed E-state index contributed by atoms with van der Waals surface area (Å²) >= 11 is 1.68. The smallest absolute Gasteiger partial charge is 0.306 e. The zero-order chi connectivity index (χ0) is 11.1. The molecule has 0 aromatic carbocycles. The van der Waals surface area contributed by atoms with Crippen molar-refractivity contribution in [1.82, 2.24) is 4.90 Å². The molecular formula is C11H21NO2S. The first kappa shape index (κ1) is 12.8. The Morgan fingerprint density at radius 2 is 2.40 bits per heavy atom. The minimum absolute atomic E-state index is 0.0488. The van der Waals surface area contributed by atoms with Crippen LogP contribution in [-0.2, 0) is 9.53 Å². The van der Waals surface area contributed by atoms with Crippen LogP contribution in [0.15, 0.2) is 0 Å². The fraction of sp³-hybridized carbons (Fsp3) is 0.909. The fourth-order valence-corrected chi connectivity index (χ4v) is 2.32. The van der Waals surface area contributed by atoms with Gasteiger partial charge in [0.2, 0.25) is 0 Å². The number of hydrogen-bond acceptors (Lipinski definition) is 4. The van der Waals surface area contributed by atoms with Gasteiger partial charge >= 0.3 is 5.97 Å². The van der Waals surface area contributed by atoms with Crippen LogP contribution in [0.25, 0.3) is 0 Å². The number of likely N-dealkylation sites (N-methyl/N-ethyl adjacent to an activating group) is 1. The van der Waals surface area contributed by atoms with Gasteiger partial charge in [-0.25, -0.2) is 0 Å². The van der Waals surface area contributed by atoms with Crippen molar-refractivity contribution in [3.8, 4) is 0 Å². The van der Waals surface area contributed by atoms with Crippen molar-refractivity contribution >= 4 is 17.7 Å². The van der Waals surface area contributed by atoms with Gasteiger partial charge in [0, 0.05) is 11.8 Å². The lowest BCUT2D eigenvalue weighted by molar-refractivity contribution is -0.144. The average Bonchev–Trinajstić information content (AvgIpc) is 2.70. The van der Waals surface area contributed by atoms with E-state index in [1.54, 1.807) is 11.8 Å². The molecule has 4 heteroatoms. The minimum atomic E-state index is -0.0488. The Balaban J connectivity index is 2.15. The molecule has 1 heterocycles. The molecule has 1 saturated heterocycles. The van der Waals surface area contributed by atoms with Gasteiger partial charge in [-0.3, -0.25) is 9.69 Å². The summed E-state index contributed by atoms with van der Waals surface area (Å²) in [6, 6.07) is 0.466. The van der Waals surface area contributed by atoms with Gasteiger partial charge in [-0.05, 0) is 32.2 Å². The Hall–Kier alpha value is -0.220. The number of thioether (sulfide) groups is 1. The van der Waals surface area contributed by atoms with Crippen LogP contribution >= 0.6 is 11.8 Å². The van der Waals surface area contributed by atoms with Gasteiger partial charge in [0.05, 0.1) is 6.42 Å². The zero-order valence-corrected chi connectivity index (χ0v) is 10.5. The van der Waals surface area contributed by atoms with E-state index >= 15 is 0 Å². The van der Waals surface area contributed by atoms with Gasteiger partial charge in [-0.1, -0.05) is 6.92 Å². The molecule has 1 atom stereocenters. The average molecular weight is 231 g/mol. The number of nitrogens with zero attached hydrogens (tertiary/aromatic N) is 1. The quantitative estimate of drug-likeness (QED) is 0.652. The molecule has 3 nitrogen and oxygen atoms in total. The van der Waals surface area contributed by atoms with Crippen molar-refractivity contribution < 1.29 is 9.53 Å². The molecule has 0 aromatic heterocycles. The second-order valence-electron chi connectivity index (χ2n) is 3.85. The van der Waals surface area contributed by atoms with Gasteiger partial charge < -0.3 is 4.74 Å². The number of hydrogen-bond donors (Lipinski definition) is 0. The second-order valence-corrected chi connectivity index (χ2v) is 4.84. The van der Waals surface area contributed by atoms with Crippen LogP contribution < -0.4 is 0 Å². The standard InChI is InChI=1S/C11H21NO2S/c1-3-12-7-4-5-10(12)9-14-11(13)6-8-15-2/h10H,3-9H2,1-2H3/t10-/m0/s1. The van der Waals surface area contributed by atoms with Crippen molar-refractivity contribution in [2.24, 2.45) is 0 Å². The molecule has 0 bridgehead atoms. The lowest BCUT2D eigenvalue weighted by Crippen LogP contribution is -2.33. The third-order valence-corrected chi connectivity index (χ3v) is 3.46. The third kappa shape index (κ3) is 4.43. The summed E-state index contributed by atoms with van der Waals surface area (Å²) < 4.78 is 5.27. The van der Waals surface area contributed by atoms with Crippen LogP contribution in [0.5, 0.6) is 0 Å². The van der Waals surface area contributed by atoms with Gasteiger partial charge in [0.1, 0.15) is 6.61 Å². The second kappa shape index (κ2) is 7.12. The van der Waals surface area contributed by atoms with E-state index in [1.807, 2.05) is 6.26 Å². The maximum Gasteiger partial charge on any atom is 0.306 e. The Morgan fingerprint density at radius 1 is 1.60 bits per heavy atom. The molecule has 0 spiro atoms. The summed E-state index contributed by atoms with van der Waals surface area (Å²) in [6.45, 7) is 4.96. The number of esters is 1. The van der Waals surface area contributed by atoms with E-state index in [1.165, 1.54) is 12.8 Å². The van der Waals surface area contributed by atoms with Gasteiger partial charge in [-0.15, -0.1) is 0 Å². The molecule has 0 amide bonds. The van der Waals surface area contributed by atoms with E-state index in [4.69, 9.17) is 4.74 Å². The van der Waals surface area contributed by atoms with E-state index in [-0.39, 0.29) is 5.97 Å². The summed E-state index contributed by atoms with van der Waals surface area (Å²) in [5.74, 6) is 0.813. The normalized spacial score (nSPS) is 21.9. The summed E-state index contributed by atoms with van der Waals surface area (Å²) in [7, 11) is 0. The molecule has 0 unspecified atom stereocenters. The molecule has 0 aliphatic carbocycles. The van der Waals surface area contributed by atoms with E-state index < -0.39 is 0 Å². The highest BCUT2D eigenvalue weighted by Crippen LogP contribution is 2.16. The molecule has 0 saturated carbocycles. The van der Waals surface area contributed by atoms with Crippen molar-refractivity contribution in [2.45, 2.75) is 32.2 Å². The number of carbonyl (C=O) groups excluding carboxylic acids is 1. The summed E-state index contributed by atoms with van der Waals surface area (Å²) in [5.41, 5.74) is 0. The predicted octanol–water partition coefficient (Wildman–Crippen LogP) is 1.77. The zero-order valence-electron chi connectivity index (χ0n) is 9.70. The summed E-state index contributed by atoms with van der Waals surface area (Å²) in [5, 5.41) is 0. The topological polar surface area (TPSA) is 29.5 Å². The fourth-order valence-electron chi connectivity index (χ4n) is 1.95. The highest BCUT2D eigenvalue weighted by molar-refractivity contribution is 7.98. The maximum absolute atomic E-state index is 11.3. The Bertz CT molecular complexity index is 199. The maximum atomic E-state index is 11.3. The SMILES string of the molecule is CCN1CCC[C@H]1COC(=O)CCSC. The molecular weight excluding hydrogens is 210 g/mol. The lowest BCUT2D eigenvalue weighted by Gasteiger charge is -2.22. The van der Waals surface area contributed by atoms with Gasteiger partial charge in [0.25, 0.3) is 0 Å². The number of carbonyl (C=O) groups is 1. The van der Waals surface area contributed by atoms with Crippen LogP contribution in [-0.4, -0.2) is 48.6 Å². The van der Waals surface area contributed by atoms with Gasteiger partial charge in [-0.2, -0.15) is 11.8 Å². The number of likely N-dealkylation sites (tertiary alicyclic amines) is 1. The molecule has 1 fully saturated rings. The van der Waals surface area contributed by atoms with E-state index in [2.05, 4.69) is 11.8 Å². The molecule has 1 aliphatic rings. The van der Waals surface area contributed by atoms with E-state index in [0.29, 0.717) is 19.1 Å². The van der Waals surface area contributed by atoms with Crippen molar-refractivity contribution in [3.63, 3.8) is 0 Å². The number of ether oxygens (including phenoxy) is 1. The highest BCUT2D eigenvalue weighted by Gasteiger charge is 2.23. The summed E-state index contributed by atoms with van der Waals surface area (Å²) in [6.07, 6.45) is 4.95. The number of rotatable bonds is 6. The lowest BCUT2D eigenvalue weighted by atomic mass is 10.2. The van der Waals surface area contributed by atoms with Crippen molar-refractivity contribution in [1.29, 1.82) is 0 Å². The van der Waals surface area contributed by atoms with E-state index in [9.17, 15) is 4.79 Å². The first-order valence-corrected chi connectivity index (χ1v) is 7.06. The molecule has 88 valence electrons. The molecule has 1 rings (SSSR count). The molecule has 0 N–H and O–H groups in total. The van der Waals surface area contributed by atoms with Crippen LogP contribution in [0.4, 0.5) is 0 Å². The van der Waals surface area contributed by atoms with Crippen LogP contribution in [0.3, 0.4) is 0 Å². The Kier molecular flexibility index (Phi) is 6.10. The first-order chi connectivity index (χ1) is 7.27. The van der Waals surface area contributed by atoms with E-state index in [0.717, 1.165) is 18.8 Å². The first-order valence-electron chi connectivity index (χ1n) is 5.66. The molecule has 15 heavy (non-hydrogen) atoms. The monoisotopic (exact) mass is 231 g/mol. The van der Waals surface area contributed by atoms with Crippen LogP contribution in [0, 0.1) is 0 Å². The highest BCUT2D eigenvalue weighted by atomic mass is 32.2. The van der Waals surface area contributed by atoms with Crippen molar-refractivity contribution in [2.75, 3.05) is 31.7 Å². The predicted molar refractivity (Wildman–Crippen MR) is 64.2 cm³/mol. The largest absolute Gasteiger partial charge is 0.464 e. The molecule has 0 radical (unpaired) electrons. The third-order valence-electron chi connectivity index (χ3n) is 2.85. The minimum Gasteiger partial charge on any atom is -0.464 e. The molecule has 0 aromatic rings. The van der Waals surface area contributed by atoms with Crippen LogP contribution in [0.1, 0.15) is 26.2 Å². The Morgan fingerprint density at radius 3 is 3.07 bits per heavy atom.